The minimum absolute atomic E-state index is 0.270. The fraction of sp³-hybridized carbons (Fsp3) is 1.00. The zero-order valence-electron chi connectivity index (χ0n) is 17.9. The Balaban J connectivity index is 1.96. The first-order chi connectivity index (χ1) is 11.9. The van der Waals surface area contributed by atoms with Crippen LogP contribution in [0.2, 0.25) is 0 Å². The lowest BCUT2D eigenvalue weighted by molar-refractivity contribution is 0.245. The van der Waals surface area contributed by atoms with Gasteiger partial charge in [-0.1, -0.05) is 46.5 Å². The quantitative estimate of drug-likeness (QED) is 0.659. The van der Waals surface area contributed by atoms with Gasteiger partial charge in [0.15, 0.2) is 0 Å². The van der Waals surface area contributed by atoms with Gasteiger partial charge in [0.1, 0.15) is 0 Å². The van der Waals surface area contributed by atoms with E-state index in [9.17, 15) is 0 Å². The van der Waals surface area contributed by atoms with Gasteiger partial charge < -0.3 is 10.6 Å². The van der Waals surface area contributed by atoms with Crippen LogP contribution >= 0.6 is 0 Å². The van der Waals surface area contributed by atoms with Crippen LogP contribution in [0.15, 0.2) is 0 Å². The lowest BCUT2D eigenvalue weighted by Gasteiger charge is -2.34. The highest BCUT2D eigenvalue weighted by Gasteiger charge is 2.28. The molecule has 0 bridgehead atoms. The van der Waals surface area contributed by atoms with Crippen molar-refractivity contribution in [1.29, 1.82) is 0 Å². The van der Waals surface area contributed by atoms with Crippen LogP contribution in [0.3, 0.4) is 0 Å². The summed E-state index contributed by atoms with van der Waals surface area (Å²) < 4.78 is 0. The third-order valence-electron chi connectivity index (χ3n) is 6.53. The van der Waals surface area contributed by atoms with E-state index in [1.165, 1.54) is 77.2 Å². The molecule has 1 aliphatic carbocycles. The summed E-state index contributed by atoms with van der Waals surface area (Å²) in [4.78, 5) is 0. The Morgan fingerprint density at radius 1 is 0.960 bits per heavy atom. The maximum Gasteiger partial charge on any atom is 0.0130 e. The molecule has 2 fully saturated rings. The Kier molecular flexibility index (Phi) is 8.75. The monoisotopic (exact) mass is 350 g/mol. The first-order valence-electron chi connectivity index (χ1n) is 11.4. The lowest BCUT2D eigenvalue weighted by Crippen LogP contribution is -2.47. The molecule has 25 heavy (non-hydrogen) atoms. The molecular formula is C23H46N2. The molecule has 0 spiro atoms. The normalized spacial score (nSPS) is 33.4. The van der Waals surface area contributed by atoms with Crippen LogP contribution in [0.1, 0.15) is 105 Å². The van der Waals surface area contributed by atoms with Crippen LogP contribution in [-0.2, 0) is 0 Å². The van der Waals surface area contributed by atoms with Crippen molar-refractivity contribution < 1.29 is 0 Å². The number of nitrogens with one attached hydrogen (secondary N) is 2. The van der Waals surface area contributed by atoms with Gasteiger partial charge in [-0.15, -0.1) is 0 Å². The molecule has 2 heteroatoms. The molecule has 0 aromatic carbocycles. The summed E-state index contributed by atoms with van der Waals surface area (Å²) in [5, 5.41) is 8.02. The first kappa shape index (κ1) is 21.2. The molecule has 2 rings (SSSR count). The molecule has 1 saturated heterocycles. The molecular weight excluding hydrogens is 304 g/mol. The number of hydrogen-bond donors (Lipinski definition) is 2. The average molecular weight is 351 g/mol. The standard InChI is InChI=1S/C23H46N2/c1-18(2)17-23(4,5)25-21-12-9-15-24-22-16-19(3)10-7-6-8-11-20(22)13-14-21/h18-22,24-25H,6-17H2,1-5H3. The van der Waals surface area contributed by atoms with E-state index in [2.05, 4.69) is 45.3 Å². The Morgan fingerprint density at radius 3 is 2.48 bits per heavy atom. The van der Waals surface area contributed by atoms with E-state index in [1.807, 2.05) is 0 Å². The zero-order chi connectivity index (χ0) is 18.3. The Labute approximate surface area is 158 Å². The van der Waals surface area contributed by atoms with Gasteiger partial charge in [-0.3, -0.25) is 0 Å². The van der Waals surface area contributed by atoms with Gasteiger partial charge in [0.25, 0.3) is 0 Å². The van der Waals surface area contributed by atoms with Crippen molar-refractivity contribution in [3.05, 3.63) is 0 Å². The van der Waals surface area contributed by atoms with Crippen LogP contribution in [0.5, 0.6) is 0 Å². The second kappa shape index (κ2) is 10.3. The van der Waals surface area contributed by atoms with E-state index in [-0.39, 0.29) is 5.54 Å². The number of hydrogen-bond acceptors (Lipinski definition) is 2. The van der Waals surface area contributed by atoms with Crippen molar-refractivity contribution >= 4 is 0 Å². The van der Waals surface area contributed by atoms with Crippen molar-refractivity contribution in [2.75, 3.05) is 6.54 Å². The van der Waals surface area contributed by atoms with Crippen LogP contribution in [0.4, 0.5) is 0 Å². The van der Waals surface area contributed by atoms with Gasteiger partial charge in [-0.25, -0.2) is 0 Å². The highest BCUT2D eigenvalue weighted by molar-refractivity contribution is 4.87. The summed E-state index contributed by atoms with van der Waals surface area (Å²) in [6.07, 6.45) is 15.4. The number of rotatable bonds is 4. The second-order valence-electron chi connectivity index (χ2n) is 10.3. The molecule has 4 unspecified atom stereocenters. The Hall–Kier alpha value is -0.0800. The predicted molar refractivity (Wildman–Crippen MR) is 111 cm³/mol. The maximum atomic E-state index is 4.04. The Morgan fingerprint density at radius 2 is 1.72 bits per heavy atom. The molecule has 4 atom stereocenters. The summed E-state index contributed by atoms with van der Waals surface area (Å²) in [6, 6.07) is 1.48. The van der Waals surface area contributed by atoms with E-state index in [0.29, 0.717) is 6.04 Å². The van der Waals surface area contributed by atoms with Crippen molar-refractivity contribution in [3.63, 3.8) is 0 Å². The fourth-order valence-electron chi connectivity index (χ4n) is 5.59. The first-order valence-corrected chi connectivity index (χ1v) is 11.4. The molecule has 0 amide bonds. The summed E-state index contributed by atoms with van der Waals surface area (Å²) in [7, 11) is 0. The van der Waals surface area contributed by atoms with E-state index in [4.69, 9.17) is 0 Å². The van der Waals surface area contributed by atoms with Crippen LogP contribution in [-0.4, -0.2) is 24.2 Å². The van der Waals surface area contributed by atoms with Crippen molar-refractivity contribution in [2.24, 2.45) is 17.8 Å². The molecule has 0 aromatic heterocycles. The van der Waals surface area contributed by atoms with Crippen LogP contribution in [0, 0.1) is 17.8 Å². The molecule has 0 radical (unpaired) electrons. The SMILES string of the molecule is CC(C)CC(C)(C)NC1CCCNC2CC(C)CCCCCC2CC1. The minimum atomic E-state index is 0.270. The summed E-state index contributed by atoms with van der Waals surface area (Å²) in [5.74, 6) is 2.56. The average Bonchev–Trinajstić information content (AvgIpc) is 2.63. The van der Waals surface area contributed by atoms with Crippen LogP contribution in [0.25, 0.3) is 0 Å². The highest BCUT2D eigenvalue weighted by Crippen LogP contribution is 2.30. The topological polar surface area (TPSA) is 24.1 Å². The van der Waals surface area contributed by atoms with Crippen molar-refractivity contribution in [3.8, 4) is 0 Å². The minimum Gasteiger partial charge on any atom is -0.314 e. The van der Waals surface area contributed by atoms with Crippen molar-refractivity contribution in [1.82, 2.24) is 10.6 Å². The zero-order valence-corrected chi connectivity index (χ0v) is 17.9. The third-order valence-corrected chi connectivity index (χ3v) is 6.53. The fourth-order valence-corrected chi connectivity index (χ4v) is 5.59. The molecule has 148 valence electrons. The van der Waals surface area contributed by atoms with Gasteiger partial charge in [-0.05, 0) is 83.1 Å². The van der Waals surface area contributed by atoms with E-state index in [1.54, 1.807) is 0 Å². The second-order valence-corrected chi connectivity index (χ2v) is 10.3. The lowest BCUT2D eigenvalue weighted by atomic mass is 9.84. The summed E-state index contributed by atoms with van der Waals surface area (Å²) in [5.41, 5.74) is 0.270. The molecule has 1 heterocycles. The van der Waals surface area contributed by atoms with E-state index in [0.717, 1.165) is 23.8 Å². The predicted octanol–water partition coefficient (Wildman–Crippen LogP) is 5.91. The molecule has 2 nitrogen and oxygen atoms in total. The van der Waals surface area contributed by atoms with Gasteiger partial charge in [0.2, 0.25) is 0 Å². The largest absolute Gasteiger partial charge is 0.314 e. The van der Waals surface area contributed by atoms with Crippen LogP contribution < -0.4 is 10.6 Å². The van der Waals surface area contributed by atoms with Crippen molar-refractivity contribution in [2.45, 2.75) is 123 Å². The maximum absolute atomic E-state index is 4.04. The highest BCUT2D eigenvalue weighted by atomic mass is 15.0. The summed E-state index contributed by atoms with van der Waals surface area (Å²) >= 11 is 0. The van der Waals surface area contributed by atoms with Gasteiger partial charge >= 0.3 is 0 Å². The molecule has 2 N–H and O–H groups in total. The third kappa shape index (κ3) is 7.99. The molecule has 2 aliphatic rings. The van der Waals surface area contributed by atoms with Gasteiger partial charge in [-0.2, -0.15) is 0 Å². The molecule has 0 aromatic rings. The molecule has 1 saturated carbocycles. The van der Waals surface area contributed by atoms with E-state index < -0.39 is 0 Å². The van der Waals surface area contributed by atoms with Gasteiger partial charge in [0.05, 0.1) is 0 Å². The number of fused-ring (bicyclic) bond motifs is 1. The Bertz CT molecular complexity index is 363. The molecule has 1 aliphatic heterocycles. The summed E-state index contributed by atoms with van der Waals surface area (Å²) in [6.45, 7) is 13.2. The van der Waals surface area contributed by atoms with E-state index >= 15 is 0 Å². The smallest absolute Gasteiger partial charge is 0.0130 e. The van der Waals surface area contributed by atoms with Gasteiger partial charge in [0, 0.05) is 17.6 Å².